The highest BCUT2D eigenvalue weighted by Gasteiger charge is 1.93. The van der Waals surface area contributed by atoms with Gasteiger partial charge in [-0.15, -0.1) is 0 Å². The van der Waals surface area contributed by atoms with E-state index in [4.69, 9.17) is 9.84 Å². The molecule has 0 unspecified atom stereocenters. The minimum absolute atomic E-state index is 0.841. The second-order valence-corrected chi connectivity index (χ2v) is 5.41. The fourth-order valence-corrected chi connectivity index (χ4v) is 2.28. The lowest BCUT2D eigenvalue weighted by atomic mass is 10.1. The van der Waals surface area contributed by atoms with Crippen molar-refractivity contribution in [3.63, 3.8) is 0 Å². The van der Waals surface area contributed by atoms with Crippen LogP contribution in [0.2, 0.25) is 0 Å². The van der Waals surface area contributed by atoms with E-state index in [1.807, 2.05) is 0 Å². The summed E-state index contributed by atoms with van der Waals surface area (Å²) < 4.78 is 5.03. The van der Waals surface area contributed by atoms with Gasteiger partial charge >= 0.3 is 5.97 Å². The second kappa shape index (κ2) is 16.2. The summed E-state index contributed by atoms with van der Waals surface area (Å²) in [5, 5.41) is 8.42. The van der Waals surface area contributed by atoms with Crippen LogP contribution in [0.5, 0.6) is 0 Å². The number of hydrogen-bond donors (Lipinski definition) is 1. The van der Waals surface area contributed by atoms with Crippen molar-refractivity contribution in [1.82, 2.24) is 0 Å². The predicted octanol–water partition coefficient (Wildman–Crippen LogP) is 4.95. The van der Waals surface area contributed by atoms with Gasteiger partial charge in [0.25, 0.3) is 0 Å². The molecule has 3 nitrogen and oxygen atoms in total. The Labute approximate surface area is 124 Å². The van der Waals surface area contributed by atoms with E-state index in [1.54, 1.807) is 13.2 Å². The molecular formula is C17H32O3. The molecule has 0 aromatic carbocycles. The molecule has 0 fully saturated rings. The number of rotatable bonds is 15. The Morgan fingerprint density at radius 3 is 1.75 bits per heavy atom. The normalized spacial score (nSPS) is 11.2. The van der Waals surface area contributed by atoms with Crippen molar-refractivity contribution in [3.05, 3.63) is 12.2 Å². The van der Waals surface area contributed by atoms with Gasteiger partial charge in [0.2, 0.25) is 0 Å². The predicted molar refractivity (Wildman–Crippen MR) is 84.1 cm³/mol. The maximum atomic E-state index is 10.2. The maximum absolute atomic E-state index is 10.2. The molecule has 0 aliphatic heterocycles. The SMILES string of the molecule is COCCCCCCCCCCCCCC=CC(=O)O. The Hall–Kier alpha value is -0.830. The molecule has 0 rings (SSSR count). The van der Waals surface area contributed by atoms with E-state index in [2.05, 4.69) is 0 Å². The molecule has 0 atom stereocenters. The topological polar surface area (TPSA) is 46.5 Å². The molecule has 20 heavy (non-hydrogen) atoms. The molecule has 0 aliphatic carbocycles. The number of allylic oxidation sites excluding steroid dienone is 1. The van der Waals surface area contributed by atoms with Crippen LogP contribution < -0.4 is 0 Å². The van der Waals surface area contributed by atoms with Crippen LogP contribution in [-0.2, 0) is 9.53 Å². The smallest absolute Gasteiger partial charge is 0.327 e. The Balaban J connectivity index is 3.01. The van der Waals surface area contributed by atoms with Crippen molar-refractivity contribution in [3.8, 4) is 0 Å². The summed E-state index contributed by atoms with van der Waals surface area (Å²) >= 11 is 0. The zero-order valence-corrected chi connectivity index (χ0v) is 13.1. The van der Waals surface area contributed by atoms with Crippen molar-refractivity contribution in [1.29, 1.82) is 0 Å². The summed E-state index contributed by atoms with van der Waals surface area (Å²) in [4.78, 5) is 10.2. The van der Waals surface area contributed by atoms with Gasteiger partial charge in [0, 0.05) is 19.8 Å². The fraction of sp³-hybridized carbons (Fsp3) is 0.824. The number of ether oxygens (including phenoxy) is 1. The Kier molecular flexibility index (Phi) is 15.6. The number of carbonyl (C=O) groups is 1. The van der Waals surface area contributed by atoms with Crippen LogP contribution in [0.25, 0.3) is 0 Å². The van der Waals surface area contributed by atoms with Crippen LogP contribution in [0.1, 0.15) is 77.0 Å². The number of carboxylic acids is 1. The summed E-state index contributed by atoms with van der Waals surface area (Å²) in [6, 6.07) is 0. The largest absolute Gasteiger partial charge is 0.478 e. The number of carboxylic acid groups (broad SMARTS) is 1. The van der Waals surface area contributed by atoms with Gasteiger partial charge in [0.1, 0.15) is 0 Å². The third-order valence-corrected chi connectivity index (χ3v) is 3.48. The summed E-state index contributed by atoms with van der Waals surface area (Å²) in [6.45, 7) is 0.904. The van der Waals surface area contributed by atoms with Crippen molar-refractivity contribution in [2.75, 3.05) is 13.7 Å². The van der Waals surface area contributed by atoms with Crippen LogP contribution in [0.3, 0.4) is 0 Å². The molecule has 0 amide bonds. The third-order valence-electron chi connectivity index (χ3n) is 3.48. The summed E-state index contributed by atoms with van der Waals surface area (Å²) in [5.74, 6) is -0.841. The van der Waals surface area contributed by atoms with Crippen molar-refractivity contribution >= 4 is 5.97 Å². The molecule has 0 saturated heterocycles. The Morgan fingerprint density at radius 1 is 0.850 bits per heavy atom. The van der Waals surface area contributed by atoms with E-state index in [1.165, 1.54) is 70.3 Å². The molecule has 0 heterocycles. The zero-order chi connectivity index (χ0) is 14.9. The van der Waals surface area contributed by atoms with Gasteiger partial charge in [0.15, 0.2) is 0 Å². The van der Waals surface area contributed by atoms with E-state index in [-0.39, 0.29) is 0 Å². The van der Waals surface area contributed by atoms with Crippen LogP contribution >= 0.6 is 0 Å². The monoisotopic (exact) mass is 284 g/mol. The number of aliphatic carboxylic acids is 1. The molecule has 0 aromatic rings. The molecule has 0 bridgehead atoms. The van der Waals surface area contributed by atoms with Crippen LogP contribution in [0.4, 0.5) is 0 Å². The highest BCUT2D eigenvalue weighted by Crippen LogP contribution is 2.12. The van der Waals surface area contributed by atoms with Gasteiger partial charge in [-0.25, -0.2) is 4.79 Å². The van der Waals surface area contributed by atoms with Crippen molar-refractivity contribution < 1.29 is 14.6 Å². The van der Waals surface area contributed by atoms with Crippen LogP contribution in [-0.4, -0.2) is 24.8 Å². The lowest BCUT2D eigenvalue weighted by molar-refractivity contribution is -0.131. The molecule has 0 aromatic heterocycles. The van der Waals surface area contributed by atoms with Gasteiger partial charge in [-0.05, 0) is 19.3 Å². The highest BCUT2D eigenvalue weighted by molar-refractivity contribution is 5.79. The molecule has 0 saturated carbocycles. The van der Waals surface area contributed by atoms with E-state index in [0.29, 0.717) is 0 Å². The van der Waals surface area contributed by atoms with Crippen molar-refractivity contribution in [2.24, 2.45) is 0 Å². The van der Waals surface area contributed by atoms with Crippen LogP contribution in [0.15, 0.2) is 12.2 Å². The lowest BCUT2D eigenvalue weighted by Crippen LogP contribution is -1.88. The second-order valence-electron chi connectivity index (χ2n) is 5.41. The third kappa shape index (κ3) is 17.2. The van der Waals surface area contributed by atoms with Gasteiger partial charge in [0.05, 0.1) is 0 Å². The van der Waals surface area contributed by atoms with Gasteiger partial charge in [-0.2, -0.15) is 0 Å². The first kappa shape index (κ1) is 19.2. The fourth-order valence-electron chi connectivity index (χ4n) is 2.28. The molecule has 1 N–H and O–H groups in total. The first-order valence-corrected chi connectivity index (χ1v) is 8.15. The summed E-state index contributed by atoms with van der Waals surface area (Å²) in [7, 11) is 1.77. The molecule has 0 aliphatic rings. The van der Waals surface area contributed by atoms with E-state index < -0.39 is 5.97 Å². The van der Waals surface area contributed by atoms with Crippen molar-refractivity contribution in [2.45, 2.75) is 77.0 Å². The first-order chi connectivity index (χ1) is 9.77. The van der Waals surface area contributed by atoms with E-state index in [0.717, 1.165) is 19.4 Å². The average molecular weight is 284 g/mol. The van der Waals surface area contributed by atoms with Gasteiger partial charge in [-0.1, -0.05) is 63.9 Å². The summed E-state index contributed by atoms with van der Waals surface area (Å²) in [6.07, 6.45) is 18.1. The average Bonchev–Trinajstić information content (AvgIpc) is 2.43. The van der Waals surface area contributed by atoms with E-state index in [9.17, 15) is 4.79 Å². The Morgan fingerprint density at radius 2 is 1.30 bits per heavy atom. The lowest BCUT2D eigenvalue weighted by Gasteiger charge is -2.02. The molecule has 3 heteroatoms. The standard InChI is InChI=1S/C17H32O3/c1-20-16-14-12-10-8-6-4-2-3-5-7-9-11-13-15-17(18)19/h13,15H,2-12,14,16H2,1H3,(H,18,19). The first-order valence-electron chi connectivity index (χ1n) is 8.15. The number of methoxy groups -OCH3 is 1. The van der Waals surface area contributed by atoms with E-state index >= 15 is 0 Å². The number of hydrogen-bond acceptors (Lipinski definition) is 2. The maximum Gasteiger partial charge on any atom is 0.327 e. The molecule has 0 spiro atoms. The minimum Gasteiger partial charge on any atom is -0.478 e. The molecule has 118 valence electrons. The Bertz CT molecular complexity index is 236. The highest BCUT2D eigenvalue weighted by atomic mass is 16.5. The summed E-state index contributed by atoms with van der Waals surface area (Å²) in [5.41, 5.74) is 0. The van der Waals surface area contributed by atoms with Gasteiger partial charge in [-0.3, -0.25) is 0 Å². The number of unbranched alkanes of at least 4 members (excludes halogenated alkanes) is 11. The van der Waals surface area contributed by atoms with Gasteiger partial charge < -0.3 is 9.84 Å². The minimum atomic E-state index is -0.841. The van der Waals surface area contributed by atoms with Crippen LogP contribution in [0, 0.1) is 0 Å². The molecular weight excluding hydrogens is 252 g/mol. The zero-order valence-electron chi connectivity index (χ0n) is 13.1. The quantitative estimate of drug-likeness (QED) is 0.342. The molecule has 0 radical (unpaired) electrons.